The van der Waals surface area contributed by atoms with Crippen LogP contribution in [0.25, 0.3) is 0 Å². The van der Waals surface area contributed by atoms with Gasteiger partial charge >= 0.3 is 0 Å². The molecule has 0 spiro atoms. The van der Waals surface area contributed by atoms with E-state index in [1.165, 1.54) is 10.9 Å². The number of aryl methyl sites for hydroxylation is 1. The Kier molecular flexibility index (Phi) is 3.81. The Morgan fingerprint density at radius 3 is 2.78 bits per heavy atom. The van der Waals surface area contributed by atoms with Crippen molar-refractivity contribution in [1.82, 2.24) is 14.5 Å². The summed E-state index contributed by atoms with van der Waals surface area (Å²) in [5, 5.41) is 0. The van der Waals surface area contributed by atoms with Gasteiger partial charge in [-0.2, -0.15) is 0 Å². The Hall–Kier alpha value is -0.0861. The van der Waals surface area contributed by atoms with Crippen molar-refractivity contribution in [1.29, 1.82) is 0 Å². The summed E-state index contributed by atoms with van der Waals surface area (Å²) in [6.45, 7) is 0. The second kappa shape index (κ2) is 3.85. The molecule has 1 aromatic rings. The van der Waals surface area contributed by atoms with E-state index in [1.54, 1.807) is 7.05 Å². The molecule has 4 nitrogen and oxygen atoms in total. The van der Waals surface area contributed by atoms with Crippen molar-refractivity contribution in [3.05, 3.63) is 23.1 Å². The average molecular weight is 199 g/mol. The van der Waals surface area contributed by atoms with E-state index in [-0.39, 0.29) is 38.4 Å². The Labute approximate surface area is 77.2 Å². The summed E-state index contributed by atoms with van der Waals surface area (Å²) >= 11 is 0. The standard InChI is InChI=1S/C4H4N3O.Y/c1-7-3-5-2-6-4(7)8;/h3H,1H3;/q-1;. The minimum atomic E-state index is -0.333. The van der Waals surface area contributed by atoms with Gasteiger partial charge in [0.25, 0.3) is 0 Å². The summed E-state index contributed by atoms with van der Waals surface area (Å²) in [5.74, 6) is 0. The zero-order chi connectivity index (χ0) is 5.98. The van der Waals surface area contributed by atoms with Gasteiger partial charge < -0.3 is 19.3 Å². The summed E-state index contributed by atoms with van der Waals surface area (Å²) in [4.78, 5) is 17.1. The fourth-order valence-corrected chi connectivity index (χ4v) is 0.312. The van der Waals surface area contributed by atoms with E-state index >= 15 is 0 Å². The van der Waals surface area contributed by atoms with Gasteiger partial charge in [0.1, 0.15) is 0 Å². The quantitative estimate of drug-likeness (QED) is 0.502. The van der Waals surface area contributed by atoms with Gasteiger partial charge in [-0.15, -0.1) is 0 Å². The molecule has 5 heteroatoms. The molecule has 0 saturated carbocycles. The third kappa shape index (κ3) is 2.32. The molecule has 0 aliphatic rings. The first-order chi connectivity index (χ1) is 3.80. The van der Waals surface area contributed by atoms with E-state index in [9.17, 15) is 4.79 Å². The molecular weight excluding hydrogens is 195 g/mol. The van der Waals surface area contributed by atoms with Gasteiger partial charge in [0.2, 0.25) is 5.69 Å². The first-order valence-corrected chi connectivity index (χ1v) is 2.06. The van der Waals surface area contributed by atoms with Crippen molar-refractivity contribution in [2.45, 2.75) is 0 Å². The van der Waals surface area contributed by atoms with Gasteiger partial charge in [-0.1, -0.05) is 0 Å². The molecule has 0 atom stereocenters. The maximum absolute atomic E-state index is 10.4. The number of hydrogen-bond donors (Lipinski definition) is 0. The molecule has 0 aromatic carbocycles. The van der Waals surface area contributed by atoms with E-state index in [0.29, 0.717) is 0 Å². The molecular formula is C4H4N3OY-. The molecule has 0 aliphatic carbocycles. The fraction of sp³-hybridized carbons (Fsp3) is 0.250. The maximum atomic E-state index is 10.4. The monoisotopic (exact) mass is 199 g/mol. The molecule has 0 amide bonds. The predicted molar refractivity (Wildman–Crippen MR) is 26.1 cm³/mol. The van der Waals surface area contributed by atoms with Crippen LogP contribution in [-0.4, -0.2) is 14.5 Å². The third-order valence-electron chi connectivity index (χ3n) is 0.736. The normalized spacial score (nSPS) is 8.11. The SMILES string of the molecule is Cn1cn[c-]nc1=O.[Y]. The van der Waals surface area contributed by atoms with Crippen LogP contribution in [0.3, 0.4) is 0 Å². The second-order valence-corrected chi connectivity index (χ2v) is 1.35. The molecule has 0 saturated heterocycles. The van der Waals surface area contributed by atoms with Gasteiger partial charge in [0.05, 0.1) is 0 Å². The van der Waals surface area contributed by atoms with E-state index in [4.69, 9.17) is 0 Å². The minimum Gasteiger partial charge on any atom is -0.393 e. The minimum absolute atomic E-state index is 0. The van der Waals surface area contributed by atoms with Crippen LogP contribution in [0.1, 0.15) is 0 Å². The molecule has 0 bridgehead atoms. The van der Waals surface area contributed by atoms with Crippen molar-refractivity contribution in [3.63, 3.8) is 0 Å². The number of rotatable bonds is 0. The molecule has 1 rings (SSSR count). The van der Waals surface area contributed by atoms with Crippen LogP contribution in [0.2, 0.25) is 0 Å². The first-order valence-electron chi connectivity index (χ1n) is 2.06. The van der Waals surface area contributed by atoms with Gasteiger partial charge in [-0.25, -0.2) is 0 Å². The summed E-state index contributed by atoms with van der Waals surface area (Å²) < 4.78 is 1.27. The largest absolute Gasteiger partial charge is 0.393 e. The average Bonchev–Trinajstić information content (AvgIpc) is 1.77. The van der Waals surface area contributed by atoms with Crippen molar-refractivity contribution in [2.75, 3.05) is 0 Å². The van der Waals surface area contributed by atoms with E-state index < -0.39 is 0 Å². The topological polar surface area (TPSA) is 47.8 Å². The Balaban J connectivity index is 0.000000640. The van der Waals surface area contributed by atoms with Crippen LogP contribution in [0.15, 0.2) is 11.1 Å². The Bertz CT molecular complexity index is 233. The smallest absolute Gasteiger partial charge is 0.232 e. The molecule has 9 heavy (non-hydrogen) atoms. The van der Waals surface area contributed by atoms with Gasteiger partial charge in [-0.3, -0.25) is 0 Å². The molecule has 0 aliphatic heterocycles. The summed E-state index contributed by atoms with van der Waals surface area (Å²) in [6.07, 6.45) is 3.52. The number of aromatic nitrogens is 3. The molecule has 0 unspecified atom stereocenters. The van der Waals surface area contributed by atoms with Crippen LogP contribution < -0.4 is 5.69 Å². The van der Waals surface area contributed by atoms with Crippen molar-refractivity contribution in [2.24, 2.45) is 7.05 Å². The van der Waals surface area contributed by atoms with Crippen molar-refractivity contribution in [3.8, 4) is 0 Å². The maximum Gasteiger partial charge on any atom is 0.232 e. The van der Waals surface area contributed by atoms with Crippen LogP contribution in [0.5, 0.6) is 0 Å². The fourth-order valence-electron chi connectivity index (χ4n) is 0.312. The third-order valence-corrected chi connectivity index (χ3v) is 0.736. The summed E-state index contributed by atoms with van der Waals surface area (Å²) in [6, 6.07) is 0. The summed E-state index contributed by atoms with van der Waals surface area (Å²) in [5.41, 5.74) is -0.333. The molecule has 0 N–H and O–H groups in total. The van der Waals surface area contributed by atoms with E-state index in [2.05, 4.69) is 16.3 Å². The summed E-state index contributed by atoms with van der Waals surface area (Å²) in [7, 11) is 1.58. The predicted octanol–water partition coefficient (Wildman–Crippen LogP) is -1.03. The molecule has 1 radical (unpaired) electrons. The molecule has 45 valence electrons. The van der Waals surface area contributed by atoms with Gasteiger partial charge in [0, 0.05) is 39.0 Å². The van der Waals surface area contributed by atoms with E-state index in [0.717, 1.165) is 0 Å². The van der Waals surface area contributed by atoms with Crippen LogP contribution >= 0.6 is 0 Å². The number of hydrogen-bond acceptors (Lipinski definition) is 3. The Morgan fingerprint density at radius 1 is 1.78 bits per heavy atom. The molecule has 1 aromatic heterocycles. The zero-order valence-corrected chi connectivity index (χ0v) is 7.74. The van der Waals surface area contributed by atoms with Crippen molar-refractivity contribution >= 4 is 0 Å². The second-order valence-electron chi connectivity index (χ2n) is 1.35. The van der Waals surface area contributed by atoms with Crippen LogP contribution in [0, 0.1) is 6.33 Å². The Morgan fingerprint density at radius 2 is 2.44 bits per heavy atom. The van der Waals surface area contributed by atoms with Gasteiger partial charge in [-0.05, 0) is 13.4 Å². The number of nitrogens with zero attached hydrogens (tertiary/aromatic N) is 3. The van der Waals surface area contributed by atoms with E-state index in [1.807, 2.05) is 0 Å². The molecule has 0 fully saturated rings. The van der Waals surface area contributed by atoms with Crippen molar-refractivity contribution < 1.29 is 32.7 Å². The first kappa shape index (κ1) is 8.91. The van der Waals surface area contributed by atoms with Crippen LogP contribution in [0.4, 0.5) is 0 Å². The van der Waals surface area contributed by atoms with Crippen LogP contribution in [-0.2, 0) is 39.8 Å². The molecule has 1 heterocycles. The zero-order valence-electron chi connectivity index (χ0n) is 4.90. The van der Waals surface area contributed by atoms with Gasteiger partial charge in [0.15, 0.2) is 0 Å².